The Kier molecular flexibility index (Phi) is 5.22. The summed E-state index contributed by atoms with van der Waals surface area (Å²) in [5.41, 5.74) is 3.15. The van der Waals surface area contributed by atoms with E-state index >= 15 is 0 Å². The maximum atomic E-state index is 12.8. The molecule has 5 rings (SSSR count). The summed E-state index contributed by atoms with van der Waals surface area (Å²) in [6.07, 6.45) is 5.04. The zero-order chi connectivity index (χ0) is 21.2. The van der Waals surface area contributed by atoms with E-state index in [1.165, 1.54) is 0 Å². The van der Waals surface area contributed by atoms with E-state index in [4.69, 9.17) is 4.74 Å². The molecule has 2 aromatic heterocycles. The Bertz CT molecular complexity index is 1180. The van der Waals surface area contributed by atoms with Crippen molar-refractivity contribution in [3.63, 3.8) is 0 Å². The van der Waals surface area contributed by atoms with Crippen molar-refractivity contribution in [1.29, 1.82) is 0 Å². The number of ether oxygens (including phenoxy) is 1. The first kappa shape index (κ1) is 19.5. The number of hydrogen-bond donors (Lipinski definition) is 2. The minimum atomic E-state index is -0.268. The third kappa shape index (κ3) is 4.07. The molecule has 2 atom stereocenters. The molecule has 31 heavy (non-hydrogen) atoms. The lowest BCUT2D eigenvalue weighted by atomic mass is 9.83. The highest BCUT2D eigenvalue weighted by atomic mass is 16.5. The van der Waals surface area contributed by atoms with Crippen molar-refractivity contribution in [3.8, 4) is 11.6 Å². The van der Waals surface area contributed by atoms with Crippen molar-refractivity contribution in [2.45, 2.75) is 37.7 Å². The molecule has 4 aromatic rings. The number of aliphatic hydroxyl groups is 1. The van der Waals surface area contributed by atoms with Crippen molar-refractivity contribution >= 4 is 16.8 Å². The van der Waals surface area contributed by atoms with E-state index in [2.05, 4.69) is 15.0 Å². The fourth-order valence-electron chi connectivity index (χ4n) is 4.23. The zero-order valence-electron chi connectivity index (χ0n) is 17.0. The number of rotatable bonds is 5. The number of aliphatic hydroxyl groups excluding tert-OH is 1. The van der Waals surface area contributed by atoms with Gasteiger partial charge < -0.3 is 14.8 Å². The Morgan fingerprint density at radius 1 is 1.03 bits per heavy atom. The summed E-state index contributed by atoms with van der Waals surface area (Å²) in [5.74, 6) is 1.55. The Morgan fingerprint density at radius 2 is 1.87 bits per heavy atom. The molecule has 0 saturated heterocycles. The number of carbonyl (C=O) groups is 1. The van der Waals surface area contributed by atoms with Gasteiger partial charge in [0.05, 0.1) is 17.1 Å². The van der Waals surface area contributed by atoms with Crippen LogP contribution in [-0.4, -0.2) is 31.9 Å². The molecule has 0 bridgehead atoms. The number of aromatic nitrogens is 3. The largest absolute Gasteiger partial charge is 0.439 e. The summed E-state index contributed by atoms with van der Waals surface area (Å²) in [7, 11) is 0. The molecule has 1 aliphatic carbocycles. The van der Waals surface area contributed by atoms with E-state index in [0.29, 0.717) is 23.0 Å². The number of H-pyrrole nitrogens is 1. The quantitative estimate of drug-likeness (QED) is 0.450. The molecular weight excluding hydrogens is 390 g/mol. The van der Waals surface area contributed by atoms with Gasteiger partial charge in [0.25, 0.3) is 0 Å². The van der Waals surface area contributed by atoms with Crippen LogP contribution in [-0.2, 0) is 0 Å². The number of benzene rings is 2. The fourth-order valence-corrected chi connectivity index (χ4v) is 4.23. The molecule has 1 saturated carbocycles. The SMILES string of the molecule is O=C(c1ccc(Oc2ncccc2[C@H]2CCC[C@@H](O)C2)cc1)c1nc2ccccc2[nH]1. The molecule has 156 valence electrons. The monoisotopic (exact) mass is 413 g/mol. The molecule has 6 heteroatoms. The van der Waals surface area contributed by atoms with Crippen molar-refractivity contribution in [2.24, 2.45) is 0 Å². The summed E-state index contributed by atoms with van der Waals surface area (Å²) in [5, 5.41) is 10.0. The van der Waals surface area contributed by atoms with Crippen LogP contribution in [0.4, 0.5) is 0 Å². The third-order valence-corrected chi connectivity index (χ3v) is 5.82. The van der Waals surface area contributed by atoms with Gasteiger partial charge in [-0.1, -0.05) is 24.6 Å². The van der Waals surface area contributed by atoms with Crippen LogP contribution in [0.25, 0.3) is 11.0 Å². The van der Waals surface area contributed by atoms with Gasteiger partial charge in [0.15, 0.2) is 5.82 Å². The number of para-hydroxylation sites is 2. The number of ketones is 1. The van der Waals surface area contributed by atoms with Gasteiger partial charge in [-0.2, -0.15) is 0 Å². The van der Waals surface area contributed by atoms with Gasteiger partial charge in [0.1, 0.15) is 5.75 Å². The molecule has 1 aliphatic rings. The number of carbonyl (C=O) groups excluding carboxylic acids is 1. The van der Waals surface area contributed by atoms with Gasteiger partial charge in [-0.15, -0.1) is 0 Å². The number of nitrogens with one attached hydrogen (secondary N) is 1. The van der Waals surface area contributed by atoms with E-state index in [1.807, 2.05) is 36.4 Å². The van der Waals surface area contributed by atoms with E-state index in [9.17, 15) is 9.90 Å². The number of fused-ring (bicyclic) bond motifs is 1. The van der Waals surface area contributed by atoms with Gasteiger partial charge in [-0.05, 0) is 67.6 Å². The van der Waals surface area contributed by atoms with Crippen LogP contribution < -0.4 is 4.74 Å². The lowest BCUT2D eigenvalue weighted by Crippen LogP contribution is -2.18. The molecule has 0 radical (unpaired) electrons. The molecule has 0 amide bonds. The van der Waals surface area contributed by atoms with Crippen LogP contribution in [0, 0.1) is 0 Å². The highest BCUT2D eigenvalue weighted by molar-refractivity contribution is 6.08. The highest BCUT2D eigenvalue weighted by Crippen LogP contribution is 2.38. The molecule has 0 spiro atoms. The highest BCUT2D eigenvalue weighted by Gasteiger charge is 2.25. The minimum absolute atomic E-state index is 0.169. The zero-order valence-corrected chi connectivity index (χ0v) is 17.0. The molecule has 1 fully saturated rings. The lowest BCUT2D eigenvalue weighted by Gasteiger charge is -2.27. The number of pyridine rings is 1. The van der Waals surface area contributed by atoms with Crippen molar-refractivity contribution < 1.29 is 14.6 Å². The van der Waals surface area contributed by atoms with Crippen LogP contribution in [0.3, 0.4) is 0 Å². The van der Waals surface area contributed by atoms with Gasteiger partial charge in [-0.25, -0.2) is 9.97 Å². The van der Waals surface area contributed by atoms with Crippen LogP contribution in [0.1, 0.15) is 53.3 Å². The molecule has 2 heterocycles. The first-order valence-electron chi connectivity index (χ1n) is 10.6. The molecule has 0 unspecified atom stereocenters. The maximum absolute atomic E-state index is 12.8. The number of nitrogens with zero attached hydrogens (tertiary/aromatic N) is 2. The Hall–Kier alpha value is -3.51. The smallest absolute Gasteiger partial charge is 0.228 e. The second-order valence-electron chi connectivity index (χ2n) is 7.97. The van der Waals surface area contributed by atoms with Gasteiger partial charge >= 0.3 is 0 Å². The van der Waals surface area contributed by atoms with Crippen LogP contribution in [0.15, 0.2) is 66.9 Å². The predicted molar refractivity (Wildman–Crippen MR) is 117 cm³/mol. The molecule has 2 N–H and O–H groups in total. The molecule has 0 aliphatic heterocycles. The third-order valence-electron chi connectivity index (χ3n) is 5.82. The second kappa shape index (κ2) is 8.32. The van der Waals surface area contributed by atoms with E-state index in [1.54, 1.807) is 30.5 Å². The lowest BCUT2D eigenvalue weighted by molar-refractivity contribution is 0.103. The number of aromatic amines is 1. The van der Waals surface area contributed by atoms with Crippen LogP contribution in [0.5, 0.6) is 11.6 Å². The summed E-state index contributed by atoms with van der Waals surface area (Å²) in [6.45, 7) is 0. The first-order valence-corrected chi connectivity index (χ1v) is 10.6. The van der Waals surface area contributed by atoms with E-state index < -0.39 is 0 Å². The molecule has 6 nitrogen and oxygen atoms in total. The molecular formula is C25H23N3O3. The number of imidazole rings is 1. The van der Waals surface area contributed by atoms with Crippen LogP contribution in [0.2, 0.25) is 0 Å². The standard InChI is InChI=1S/C25H23N3O3/c29-18-6-3-5-17(15-18)20-7-4-14-26-25(20)31-19-12-10-16(11-13-19)23(30)24-27-21-8-1-2-9-22(21)28-24/h1-2,4,7-14,17-18,29H,3,5-6,15H2,(H,27,28)/t17-,18+/m0/s1. The molecule has 2 aromatic carbocycles. The normalized spacial score (nSPS) is 18.7. The van der Waals surface area contributed by atoms with Crippen LogP contribution >= 0.6 is 0 Å². The van der Waals surface area contributed by atoms with Crippen molar-refractivity contribution in [1.82, 2.24) is 15.0 Å². The van der Waals surface area contributed by atoms with E-state index in [-0.39, 0.29) is 17.8 Å². The van der Waals surface area contributed by atoms with Crippen molar-refractivity contribution in [2.75, 3.05) is 0 Å². The number of hydrogen-bond acceptors (Lipinski definition) is 5. The first-order chi connectivity index (χ1) is 15.2. The van der Waals surface area contributed by atoms with Crippen molar-refractivity contribution in [3.05, 3.63) is 83.8 Å². The summed E-state index contributed by atoms with van der Waals surface area (Å²) in [4.78, 5) is 24.7. The average molecular weight is 413 g/mol. The summed E-state index contributed by atoms with van der Waals surface area (Å²) in [6, 6.07) is 18.5. The van der Waals surface area contributed by atoms with Gasteiger partial charge in [-0.3, -0.25) is 4.79 Å². The van der Waals surface area contributed by atoms with Gasteiger partial charge in [0, 0.05) is 17.3 Å². The van der Waals surface area contributed by atoms with Gasteiger partial charge in [0.2, 0.25) is 11.7 Å². The Labute approximate surface area is 179 Å². The Balaban J connectivity index is 1.34. The predicted octanol–water partition coefficient (Wildman–Crippen LogP) is 5.00. The Morgan fingerprint density at radius 3 is 2.68 bits per heavy atom. The fraction of sp³-hybridized carbons (Fsp3) is 0.240. The topological polar surface area (TPSA) is 88.1 Å². The minimum Gasteiger partial charge on any atom is -0.439 e. The average Bonchev–Trinajstić information content (AvgIpc) is 3.24. The van der Waals surface area contributed by atoms with E-state index in [0.717, 1.165) is 42.3 Å². The maximum Gasteiger partial charge on any atom is 0.228 e. The second-order valence-corrected chi connectivity index (χ2v) is 7.97. The summed E-state index contributed by atoms with van der Waals surface area (Å²) >= 11 is 0. The summed E-state index contributed by atoms with van der Waals surface area (Å²) < 4.78 is 6.06.